The summed E-state index contributed by atoms with van der Waals surface area (Å²) < 4.78 is 88.1. The summed E-state index contributed by atoms with van der Waals surface area (Å²) in [6, 6.07) is 1.10. The summed E-state index contributed by atoms with van der Waals surface area (Å²) in [5.74, 6) is -1.28. The van der Waals surface area contributed by atoms with Crippen molar-refractivity contribution in [3.63, 3.8) is 0 Å². The lowest BCUT2D eigenvalue weighted by atomic mass is 9.83. The predicted octanol–water partition coefficient (Wildman–Crippen LogP) is 5.50. The van der Waals surface area contributed by atoms with E-state index in [2.05, 4.69) is 27.1 Å². The maximum absolute atomic E-state index is 13.2. The molecule has 1 aliphatic rings. The fourth-order valence-corrected chi connectivity index (χ4v) is 4.58. The Morgan fingerprint density at radius 1 is 1.23 bits per heavy atom. The molecule has 2 aromatic rings. The molecule has 0 aromatic carbocycles. The van der Waals surface area contributed by atoms with Crippen LogP contribution in [0.2, 0.25) is 0 Å². The number of rotatable bonds is 9. The van der Waals surface area contributed by atoms with Gasteiger partial charge in [-0.3, -0.25) is 14.5 Å². The molecule has 1 aliphatic carbocycles. The summed E-state index contributed by atoms with van der Waals surface area (Å²) in [6.07, 6.45) is 0.639. The van der Waals surface area contributed by atoms with Crippen LogP contribution in [0.25, 0.3) is 11.3 Å². The Kier molecular flexibility index (Phi) is 12.0. The van der Waals surface area contributed by atoms with E-state index in [1.807, 2.05) is 0 Å². The highest BCUT2D eigenvalue weighted by Gasteiger charge is 2.36. The van der Waals surface area contributed by atoms with Gasteiger partial charge in [0.1, 0.15) is 5.75 Å². The Morgan fingerprint density at radius 3 is 2.38 bits per heavy atom. The Morgan fingerprint density at radius 2 is 1.85 bits per heavy atom. The van der Waals surface area contributed by atoms with Gasteiger partial charge < -0.3 is 10.1 Å². The van der Waals surface area contributed by atoms with E-state index >= 15 is 0 Å². The minimum Gasteiger partial charge on any atom is -0.434 e. The molecular formula is C25H33F5N4O4S. The lowest BCUT2D eigenvalue weighted by Crippen LogP contribution is -2.31. The van der Waals surface area contributed by atoms with Crippen LogP contribution in [0.5, 0.6) is 5.75 Å². The van der Waals surface area contributed by atoms with E-state index in [1.165, 1.54) is 10.9 Å². The fourth-order valence-electron chi connectivity index (χ4n) is 4.58. The topological polar surface area (TPSA) is 103 Å². The van der Waals surface area contributed by atoms with Gasteiger partial charge >= 0.3 is 24.4 Å². The zero-order valence-electron chi connectivity index (χ0n) is 22.2. The SMILES string of the molecule is CCn1nc(C(=O)NCC2CCC(C)CC2)c(C)c1-c1cnc(C[C@@H](C)C(F)(F)F)cc1OC(F)F.O=S=O. The summed E-state index contributed by atoms with van der Waals surface area (Å²) in [7, 11) is 0. The summed E-state index contributed by atoms with van der Waals surface area (Å²) in [5, 5.41) is 7.33. The van der Waals surface area contributed by atoms with Gasteiger partial charge in [-0.05, 0) is 38.5 Å². The van der Waals surface area contributed by atoms with Crippen molar-refractivity contribution in [2.24, 2.45) is 17.8 Å². The van der Waals surface area contributed by atoms with Gasteiger partial charge in [0.05, 0.1) is 17.2 Å². The third kappa shape index (κ3) is 9.07. The molecule has 3 rings (SSSR count). The van der Waals surface area contributed by atoms with Crippen molar-refractivity contribution >= 4 is 17.5 Å². The van der Waals surface area contributed by atoms with Gasteiger partial charge in [-0.1, -0.05) is 26.7 Å². The van der Waals surface area contributed by atoms with Gasteiger partial charge in [0.2, 0.25) is 0 Å². The molecule has 0 aliphatic heterocycles. The molecular weight excluding hydrogens is 547 g/mol. The summed E-state index contributed by atoms with van der Waals surface area (Å²) in [6.45, 7) is 4.31. The zero-order valence-corrected chi connectivity index (χ0v) is 23.0. The highest BCUT2D eigenvalue weighted by Crippen LogP contribution is 2.36. The van der Waals surface area contributed by atoms with E-state index < -0.39 is 36.7 Å². The van der Waals surface area contributed by atoms with Crippen LogP contribution in [0, 0.1) is 24.7 Å². The number of carbonyl (C=O) groups is 1. The summed E-state index contributed by atoms with van der Waals surface area (Å²) in [5.41, 5.74) is 1.07. The first-order valence-electron chi connectivity index (χ1n) is 12.6. The quantitative estimate of drug-likeness (QED) is 0.393. The molecule has 0 saturated heterocycles. The average molecular weight is 581 g/mol. The molecule has 0 radical (unpaired) electrons. The molecule has 14 heteroatoms. The third-order valence-corrected chi connectivity index (χ3v) is 6.86. The van der Waals surface area contributed by atoms with Crippen LogP contribution in [0.15, 0.2) is 12.3 Å². The average Bonchev–Trinajstić information content (AvgIpc) is 3.19. The minimum atomic E-state index is -4.44. The number of hydrogen-bond acceptors (Lipinski definition) is 6. The van der Waals surface area contributed by atoms with Crippen molar-refractivity contribution in [1.82, 2.24) is 20.1 Å². The molecule has 0 spiro atoms. The molecule has 0 unspecified atom stereocenters. The first-order valence-corrected chi connectivity index (χ1v) is 13.3. The molecule has 1 saturated carbocycles. The molecule has 2 heterocycles. The van der Waals surface area contributed by atoms with Gasteiger partial charge in [-0.15, -0.1) is 0 Å². The molecule has 8 nitrogen and oxygen atoms in total. The van der Waals surface area contributed by atoms with Crippen molar-refractivity contribution < 1.29 is 39.9 Å². The van der Waals surface area contributed by atoms with Gasteiger partial charge in [-0.25, -0.2) is 0 Å². The second-order valence-corrected chi connectivity index (χ2v) is 9.88. The van der Waals surface area contributed by atoms with Crippen LogP contribution in [-0.2, 0) is 24.5 Å². The van der Waals surface area contributed by atoms with Crippen molar-refractivity contribution in [2.75, 3.05) is 6.54 Å². The van der Waals surface area contributed by atoms with E-state index in [1.54, 1.807) is 13.8 Å². The Bertz CT molecular complexity index is 1140. The molecule has 1 atom stereocenters. The number of nitrogens with zero attached hydrogens (tertiary/aromatic N) is 3. The lowest BCUT2D eigenvalue weighted by Gasteiger charge is -2.26. The van der Waals surface area contributed by atoms with Crippen LogP contribution in [0.4, 0.5) is 22.0 Å². The van der Waals surface area contributed by atoms with Crippen molar-refractivity contribution in [1.29, 1.82) is 0 Å². The normalized spacial score (nSPS) is 18.2. The first-order chi connectivity index (χ1) is 18.3. The molecule has 1 N–H and O–H groups in total. The van der Waals surface area contributed by atoms with Gasteiger partial charge in [0, 0.05) is 43.0 Å². The van der Waals surface area contributed by atoms with Crippen LogP contribution >= 0.6 is 0 Å². The van der Waals surface area contributed by atoms with E-state index in [9.17, 15) is 26.7 Å². The maximum Gasteiger partial charge on any atom is 0.391 e. The molecule has 39 heavy (non-hydrogen) atoms. The summed E-state index contributed by atoms with van der Waals surface area (Å²) in [4.78, 5) is 17.0. The number of aryl methyl sites for hydroxylation is 1. The van der Waals surface area contributed by atoms with E-state index in [4.69, 9.17) is 8.42 Å². The molecule has 2 aromatic heterocycles. The van der Waals surface area contributed by atoms with Crippen molar-refractivity contribution in [2.45, 2.75) is 79.1 Å². The molecule has 1 amide bonds. The number of amides is 1. The highest BCUT2D eigenvalue weighted by atomic mass is 32.1. The van der Waals surface area contributed by atoms with E-state index in [0.29, 0.717) is 36.2 Å². The molecule has 1 fully saturated rings. The second kappa shape index (κ2) is 14.5. The number of carbonyl (C=O) groups excluding carboxylic acids is 1. The zero-order chi connectivity index (χ0) is 29.3. The highest BCUT2D eigenvalue weighted by molar-refractivity contribution is 7.51. The fraction of sp³-hybridized carbons (Fsp3) is 0.640. The van der Waals surface area contributed by atoms with Gasteiger partial charge in [0.15, 0.2) is 5.69 Å². The maximum atomic E-state index is 13.2. The van der Waals surface area contributed by atoms with Crippen LogP contribution in [-0.4, -0.2) is 48.4 Å². The monoisotopic (exact) mass is 580 g/mol. The van der Waals surface area contributed by atoms with Crippen molar-refractivity contribution in [3.05, 3.63) is 29.2 Å². The predicted molar refractivity (Wildman–Crippen MR) is 134 cm³/mol. The number of aromatic nitrogens is 3. The number of halogens is 5. The smallest absolute Gasteiger partial charge is 0.391 e. The lowest BCUT2D eigenvalue weighted by molar-refractivity contribution is -0.169. The molecule has 0 bridgehead atoms. The number of alkyl halides is 5. The van der Waals surface area contributed by atoms with Gasteiger partial charge in [-0.2, -0.15) is 35.5 Å². The van der Waals surface area contributed by atoms with Gasteiger partial charge in [0.25, 0.3) is 5.91 Å². The van der Waals surface area contributed by atoms with E-state index in [0.717, 1.165) is 38.7 Å². The Balaban J connectivity index is 0.00000170. The third-order valence-electron chi connectivity index (χ3n) is 6.86. The number of pyridine rings is 1. The Labute approximate surface area is 227 Å². The molecule has 218 valence electrons. The number of nitrogens with one attached hydrogen (secondary N) is 1. The standard InChI is InChI=1S/C25H33F5N4O2.O2S/c1-5-34-22(16(4)21(33-34)23(35)32-12-17-8-6-14(2)7-9-17)19-13-31-18(10-15(3)25(28,29)30)11-20(19)36-24(26)27;1-3-2/h11,13-15,17,24H,5-10,12H2,1-4H3,(H,32,35);/t14?,15-,17?;/m1./s1. The van der Waals surface area contributed by atoms with Crippen LogP contribution in [0.1, 0.15) is 68.2 Å². The summed E-state index contributed by atoms with van der Waals surface area (Å²) >= 11 is -0.750. The second-order valence-electron chi connectivity index (χ2n) is 9.74. The number of ether oxygens (including phenoxy) is 1. The number of hydrogen-bond donors (Lipinski definition) is 1. The minimum absolute atomic E-state index is 0.0285. The van der Waals surface area contributed by atoms with Crippen molar-refractivity contribution in [3.8, 4) is 17.0 Å². The van der Waals surface area contributed by atoms with Crippen LogP contribution in [0.3, 0.4) is 0 Å². The van der Waals surface area contributed by atoms with Crippen LogP contribution < -0.4 is 10.1 Å². The Hall–Kier alpha value is -2.90. The van der Waals surface area contributed by atoms with E-state index in [-0.39, 0.29) is 28.6 Å². The largest absolute Gasteiger partial charge is 0.434 e. The first kappa shape index (κ1) is 32.3.